The largest absolute Gasteiger partial charge is 0.307 e. The quantitative estimate of drug-likeness (QED) is 0.826. The molecule has 2 rings (SSSR count). The molecule has 1 unspecified atom stereocenters. The van der Waals surface area contributed by atoms with Crippen molar-refractivity contribution in [2.24, 2.45) is 5.41 Å². The number of hydrogen-bond donors (Lipinski definition) is 1. The molecule has 0 aromatic carbocycles. The van der Waals surface area contributed by atoms with Gasteiger partial charge < -0.3 is 5.32 Å². The van der Waals surface area contributed by atoms with Gasteiger partial charge in [-0.25, -0.2) is 4.98 Å². The van der Waals surface area contributed by atoms with Crippen molar-refractivity contribution in [1.29, 1.82) is 0 Å². The summed E-state index contributed by atoms with van der Waals surface area (Å²) in [4.78, 5) is 4.44. The van der Waals surface area contributed by atoms with Crippen LogP contribution in [0.15, 0.2) is 5.38 Å². The van der Waals surface area contributed by atoms with E-state index in [0.717, 1.165) is 12.2 Å². The summed E-state index contributed by atoms with van der Waals surface area (Å²) in [5, 5.41) is 6.88. The van der Waals surface area contributed by atoms with Gasteiger partial charge in [0.1, 0.15) is 5.01 Å². The minimum absolute atomic E-state index is 0.562. The summed E-state index contributed by atoms with van der Waals surface area (Å²) in [5.41, 5.74) is 1.70. The number of nitrogens with zero attached hydrogens (tertiary/aromatic N) is 1. The van der Waals surface area contributed by atoms with E-state index in [4.69, 9.17) is 0 Å². The van der Waals surface area contributed by atoms with Crippen molar-refractivity contribution >= 4 is 11.3 Å². The highest BCUT2D eigenvalue weighted by Gasteiger charge is 2.42. The van der Waals surface area contributed by atoms with E-state index in [1.54, 1.807) is 11.3 Å². The Kier molecular flexibility index (Phi) is 2.62. The minimum Gasteiger partial charge on any atom is -0.307 e. The first-order valence-corrected chi connectivity index (χ1v) is 6.12. The van der Waals surface area contributed by atoms with E-state index in [9.17, 15) is 0 Å². The van der Waals surface area contributed by atoms with Crippen LogP contribution in [0.25, 0.3) is 0 Å². The van der Waals surface area contributed by atoms with Crippen LogP contribution in [0.2, 0.25) is 0 Å². The summed E-state index contributed by atoms with van der Waals surface area (Å²) < 4.78 is 0. The lowest BCUT2D eigenvalue weighted by molar-refractivity contribution is 0.379. The standard InChI is InChI=1S/C11H18N2S/c1-8-7-14-10(13-8)6-12-9(2)11(3)4-5-11/h7,9,12H,4-6H2,1-3H3. The molecule has 0 radical (unpaired) electrons. The second-order valence-electron chi connectivity index (χ2n) is 4.64. The first-order chi connectivity index (χ1) is 6.60. The van der Waals surface area contributed by atoms with E-state index >= 15 is 0 Å². The van der Waals surface area contributed by atoms with Crippen molar-refractivity contribution in [1.82, 2.24) is 10.3 Å². The first-order valence-electron chi connectivity index (χ1n) is 5.24. The van der Waals surface area contributed by atoms with Crippen LogP contribution in [-0.4, -0.2) is 11.0 Å². The monoisotopic (exact) mass is 210 g/mol. The van der Waals surface area contributed by atoms with Gasteiger partial charge >= 0.3 is 0 Å². The maximum Gasteiger partial charge on any atom is 0.107 e. The van der Waals surface area contributed by atoms with Crippen molar-refractivity contribution in [2.75, 3.05) is 0 Å². The molecule has 0 saturated heterocycles. The highest BCUT2D eigenvalue weighted by atomic mass is 32.1. The summed E-state index contributed by atoms with van der Waals surface area (Å²) >= 11 is 1.75. The second-order valence-corrected chi connectivity index (χ2v) is 5.58. The molecule has 1 heterocycles. The molecule has 0 bridgehead atoms. The molecule has 1 aromatic rings. The molecule has 1 N–H and O–H groups in total. The summed E-state index contributed by atoms with van der Waals surface area (Å²) in [5.74, 6) is 0. The van der Waals surface area contributed by atoms with Gasteiger partial charge in [0.05, 0.1) is 0 Å². The smallest absolute Gasteiger partial charge is 0.107 e. The SMILES string of the molecule is Cc1csc(CNC(C)C2(C)CC2)n1. The number of rotatable bonds is 4. The van der Waals surface area contributed by atoms with Gasteiger partial charge in [0.25, 0.3) is 0 Å². The number of nitrogens with one attached hydrogen (secondary N) is 1. The maximum atomic E-state index is 4.44. The average molecular weight is 210 g/mol. The Morgan fingerprint density at radius 2 is 2.36 bits per heavy atom. The van der Waals surface area contributed by atoms with Crippen molar-refractivity contribution in [3.8, 4) is 0 Å². The molecule has 0 spiro atoms. The van der Waals surface area contributed by atoms with Crippen molar-refractivity contribution in [3.63, 3.8) is 0 Å². The van der Waals surface area contributed by atoms with Crippen molar-refractivity contribution < 1.29 is 0 Å². The average Bonchev–Trinajstić information content (AvgIpc) is 2.76. The number of aromatic nitrogens is 1. The Balaban J connectivity index is 1.82. The Morgan fingerprint density at radius 1 is 1.64 bits per heavy atom. The summed E-state index contributed by atoms with van der Waals surface area (Å²) in [7, 11) is 0. The highest BCUT2D eigenvalue weighted by molar-refractivity contribution is 7.09. The molecular formula is C11H18N2S. The molecule has 0 amide bonds. The lowest BCUT2D eigenvalue weighted by atomic mass is 10.0. The van der Waals surface area contributed by atoms with Gasteiger partial charge in [-0.1, -0.05) is 6.92 Å². The number of hydrogen-bond acceptors (Lipinski definition) is 3. The fourth-order valence-electron chi connectivity index (χ4n) is 1.60. The fraction of sp³-hybridized carbons (Fsp3) is 0.727. The predicted octanol–water partition coefficient (Wildman–Crippen LogP) is 2.73. The molecule has 78 valence electrons. The molecule has 1 aliphatic carbocycles. The predicted molar refractivity (Wildman–Crippen MR) is 60.5 cm³/mol. The molecule has 1 fully saturated rings. The van der Waals surface area contributed by atoms with E-state index in [0.29, 0.717) is 11.5 Å². The Hall–Kier alpha value is -0.410. The zero-order valence-electron chi connectivity index (χ0n) is 9.13. The molecule has 0 aliphatic heterocycles. The van der Waals surface area contributed by atoms with Gasteiger partial charge in [-0.3, -0.25) is 0 Å². The van der Waals surface area contributed by atoms with Gasteiger partial charge in [0, 0.05) is 23.7 Å². The summed E-state index contributed by atoms with van der Waals surface area (Å²) in [6.07, 6.45) is 2.75. The molecule has 1 aromatic heterocycles. The minimum atomic E-state index is 0.562. The van der Waals surface area contributed by atoms with Gasteiger partial charge in [0.2, 0.25) is 0 Å². The molecule has 1 saturated carbocycles. The van der Waals surface area contributed by atoms with Crippen LogP contribution >= 0.6 is 11.3 Å². The Bertz CT molecular complexity index is 315. The van der Waals surface area contributed by atoms with Crippen LogP contribution in [0.3, 0.4) is 0 Å². The van der Waals surface area contributed by atoms with Crippen LogP contribution < -0.4 is 5.32 Å². The third kappa shape index (κ3) is 2.15. The summed E-state index contributed by atoms with van der Waals surface area (Å²) in [6, 6.07) is 0.617. The number of thiazole rings is 1. The fourth-order valence-corrected chi connectivity index (χ4v) is 2.32. The second kappa shape index (κ2) is 3.63. The van der Waals surface area contributed by atoms with Crippen molar-refractivity contribution in [2.45, 2.75) is 46.2 Å². The molecular weight excluding hydrogens is 192 g/mol. The zero-order valence-corrected chi connectivity index (χ0v) is 9.95. The van der Waals surface area contributed by atoms with E-state index < -0.39 is 0 Å². The normalized spacial score (nSPS) is 20.8. The number of aryl methyl sites for hydroxylation is 1. The Morgan fingerprint density at radius 3 is 2.86 bits per heavy atom. The van der Waals surface area contributed by atoms with Crippen LogP contribution in [0.1, 0.15) is 37.4 Å². The third-order valence-corrected chi connectivity index (χ3v) is 4.28. The Labute approximate surface area is 89.8 Å². The van der Waals surface area contributed by atoms with Crippen LogP contribution in [0.4, 0.5) is 0 Å². The van der Waals surface area contributed by atoms with E-state index in [-0.39, 0.29) is 0 Å². The molecule has 1 atom stereocenters. The maximum absolute atomic E-state index is 4.44. The van der Waals surface area contributed by atoms with E-state index in [2.05, 4.69) is 29.5 Å². The summed E-state index contributed by atoms with van der Waals surface area (Å²) in [6.45, 7) is 7.62. The van der Waals surface area contributed by atoms with E-state index in [1.807, 2.05) is 6.92 Å². The van der Waals surface area contributed by atoms with Gasteiger partial charge in [-0.05, 0) is 32.1 Å². The van der Waals surface area contributed by atoms with Gasteiger partial charge in [-0.2, -0.15) is 0 Å². The van der Waals surface area contributed by atoms with Gasteiger partial charge in [0.15, 0.2) is 0 Å². The first kappa shape index (κ1) is 10.1. The van der Waals surface area contributed by atoms with Crippen LogP contribution in [0, 0.1) is 12.3 Å². The lowest BCUT2D eigenvalue weighted by Crippen LogP contribution is -2.32. The van der Waals surface area contributed by atoms with Crippen LogP contribution in [-0.2, 0) is 6.54 Å². The van der Waals surface area contributed by atoms with E-state index in [1.165, 1.54) is 17.8 Å². The molecule has 1 aliphatic rings. The zero-order chi connectivity index (χ0) is 10.2. The highest BCUT2D eigenvalue weighted by Crippen LogP contribution is 2.47. The third-order valence-electron chi connectivity index (χ3n) is 3.31. The lowest BCUT2D eigenvalue weighted by Gasteiger charge is -2.19. The topological polar surface area (TPSA) is 24.9 Å². The molecule has 2 nitrogen and oxygen atoms in total. The van der Waals surface area contributed by atoms with Crippen molar-refractivity contribution in [3.05, 3.63) is 16.1 Å². The molecule has 14 heavy (non-hydrogen) atoms. The van der Waals surface area contributed by atoms with Crippen LogP contribution in [0.5, 0.6) is 0 Å². The van der Waals surface area contributed by atoms with Gasteiger partial charge in [-0.15, -0.1) is 11.3 Å². The molecule has 3 heteroatoms.